The summed E-state index contributed by atoms with van der Waals surface area (Å²) in [7, 11) is -1.93. The Bertz CT molecular complexity index is 566. The van der Waals surface area contributed by atoms with Crippen LogP contribution < -0.4 is 10.0 Å². The molecule has 0 fully saturated rings. The van der Waals surface area contributed by atoms with Gasteiger partial charge >= 0.3 is 0 Å². The summed E-state index contributed by atoms with van der Waals surface area (Å²) >= 11 is 0. The Balaban J connectivity index is 0.00000361. The van der Waals surface area contributed by atoms with E-state index in [0.717, 1.165) is 0 Å². The minimum atomic E-state index is -3.65. The highest BCUT2D eigenvalue weighted by Crippen LogP contribution is 2.25. The molecule has 114 valence electrons. The van der Waals surface area contributed by atoms with Crippen molar-refractivity contribution in [2.75, 3.05) is 20.1 Å². The van der Waals surface area contributed by atoms with Gasteiger partial charge < -0.3 is 5.32 Å². The fraction of sp³-hybridized carbons (Fsp3) is 0.455. The van der Waals surface area contributed by atoms with Crippen LogP contribution in [0.4, 0.5) is 5.69 Å². The molecular formula is C11H18ClN3O4S. The number of aryl methyl sites for hydroxylation is 2. The van der Waals surface area contributed by atoms with Crippen molar-refractivity contribution in [3.63, 3.8) is 0 Å². The van der Waals surface area contributed by atoms with E-state index in [1.807, 2.05) is 0 Å². The average molecular weight is 324 g/mol. The van der Waals surface area contributed by atoms with Crippen molar-refractivity contribution >= 4 is 28.1 Å². The van der Waals surface area contributed by atoms with E-state index in [4.69, 9.17) is 0 Å². The van der Waals surface area contributed by atoms with E-state index < -0.39 is 14.9 Å². The number of hydrogen-bond acceptors (Lipinski definition) is 5. The average Bonchev–Trinajstić information content (AvgIpc) is 2.27. The van der Waals surface area contributed by atoms with Gasteiger partial charge in [0.05, 0.1) is 9.82 Å². The van der Waals surface area contributed by atoms with Crippen molar-refractivity contribution in [3.8, 4) is 0 Å². The van der Waals surface area contributed by atoms with Crippen LogP contribution in [0.5, 0.6) is 0 Å². The molecule has 0 aliphatic rings. The maximum atomic E-state index is 12.1. The molecule has 1 aromatic rings. The second-order valence-corrected chi connectivity index (χ2v) is 5.87. The quantitative estimate of drug-likeness (QED) is 0.464. The van der Waals surface area contributed by atoms with Gasteiger partial charge in [0.15, 0.2) is 0 Å². The van der Waals surface area contributed by atoms with Gasteiger partial charge in [0.1, 0.15) is 0 Å². The number of non-ortho nitro benzene ring substituents is 1. The van der Waals surface area contributed by atoms with Crippen LogP contribution in [0, 0.1) is 24.0 Å². The molecule has 0 aliphatic heterocycles. The van der Waals surface area contributed by atoms with Crippen LogP contribution in [0.1, 0.15) is 11.1 Å². The number of nitro groups is 1. The molecule has 0 heterocycles. The summed E-state index contributed by atoms with van der Waals surface area (Å²) in [5.41, 5.74) is 0.622. The number of benzene rings is 1. The Labute approximate surface area is 124 Å². The fourth-order valence-electron chi connectivity index (χ4n) is 1.84. The van der Waals surface area contributed by atoms with Crippen molar-refractivity contribution in [1.29, 1.82) is 0 Å². The summed E-state index contributed by atoms with van der Waals surface area (Å²) in [6.45, 7) is 3.86. The first-order valence-electron chi connectivity index (χ1n) is 5.69. The lowest BCUT2D eigenvalue weighted by atomic mass is 10.1. The van der Waals surface area contributed by atoms with E-state index in [1.54, 1.807) is 20.9 Å². The number of nitro benzene ring substituents is 1. The van der Waals surface area contributed by atoms with Crippen molar-refractivity contribution in [2.45, 2.75) is 18.7 Å². The minimum Gasteiger partial charge on any atom is -0.318 e. The van der Waals surface area contributed by atoms with Gasteiger partial charge in [-0.25, -0.2) is 13.1 Å². The molecular weight excluding hydrogens is 306 g/mol. The van der Waals surface area contributed by atoms with E-state index in [1.165, 1.54) is 12.1 Å². The highest BCUT2D eigenvalue weighted by atomic mass is 35.5. The van der Waals surface area contributed by atoms with Crippen LogP contribution in [-0.4, -0.2) is 33.5 Å². The molecule has 0 aromatic heterocycles. The fourth-order valence-corrected chi connectivity index (χ4v) is 3.32. The molecule has 9 heteroatoms. The first-order valence-corrected chi connectivity index (χ1v) is 7.18. The molecule has 7 nitrogen and oxygen atoms in total. The third-order valence-electron chi connectivity index (χ3n) is 2.59. The summed E-state index contributed by atoms with van der Waals surface area (Å²) < 4.78 is 26.7. The predicted molar refractivity (Wildman–Crippen MR) is 78.9 cm³/mol. The van der Waals surface area contributed by atoms with E-state index in [2.05, 4.69) is 10.0 Å². The molecule has 2 N–H and O–H groups in total. The lowest BCUT2D eigenvalue weighted by Gasteiger charge is -2.11. The predicted octanol–water partition coefficient (Wildman–Crippen LogP) is 1.13. The van der Waals surface area contributed by atoms with E-state index in [0.29, 0.717) is 17.7 Å². The normalized spacial score (nSPS) is 10.9. The summed E-state index contributed by atoms with van der Waals surface area (Å²) in [4.78, 5) is 10.3. The lowest BCUT2D eigenvalue weighted by molar-refractivity contribution is -0.385. The number of nitrogens with zero attached hydrogens (tertiary/aromatic N) is 1. The van der Waals surface area contributed by atoms with Crippen molar-refractivity contribution in [2.24, 2.45) is 0 Å². The summed E-state index contributed by atoms with van der Waals surface area (Å²) in [5.74, 6) is 0. The zero-order valence-electron chi connectivity index (χ0n) is 11.5. The Morgan fingerprint density at radius 2 is 1.70 bits per heavy atom. The minimum absolute atomic E-state index is 0. The summed E-state index contributed by atoms with van der Waals surface area (Å²) in [6.07, 6.45) is 0. The highest BCUT2D eigenvalue weighted by Gasteiger charge is 2.22. The topological polar surface area (TPSA) is 101 Å². The number of halogens is 1. The highest BCUT2D eigenvalue weighted by molar-refractivity contribution is 7.89. The van der Waals surface area contributed by atoms with Gasteiger partial charge in [0.2, 0.25) is 10.0 Å². The standard InChI is InChI=1S/C11H17N3O4S.ClH/c1-8-6-10(14(15)16)7-9(2)11(8)19(17,18)13-5-4-12-3;/h6-7,12-13H,4-5H2,1-3H3;1H. The second kappa shape index (κ2) is 7.53. The van der Waals surface area contributed by atoms with Crippen molar-refractivity contribution in [3.05, 3.63) is 33.4 Å². The number of nitrogens with one attached hydrogen (secondary N) is 2. The van der Waals surface area contributed by atoms with Gasteiger partial charge in [-0.05, 0) is 32.0 Å². The number of hydrogen-bond donors (Lipinski definition) is 2. The van der Waals surface area contributed by atoms with Crippen LogP contribution >= 0.6 is 12.4 Å². The molecule has 0 saturated heterocycles. The van der Waals surface area contributed by atoms with Gasteiger partial charge in [-0.2, -0.15) is 0 Å². The smallest absolute Gasteiger partial charge is 0.270 e. The first kappa shape index (κ1) is 18.8. The Morgan fingerprint density at radius 1 is 1.20 bits per heavy atom. The Hall–Kier alpha value is -1.22. The van der Waals surface area contributed by atoms with Crippen molar-refractivity contribution < 1.29 is 13.3 Å². The van der Waals surface area contributed by atoms with Gasteiger partial charge in [-0.1, -0.05) is 0 Å². The molecule has 20 heavy (non-hydrogen) atoms. The molecule has 0 amide bonds. The molecule has 0 unspecified atom stereocenters. The van der Waals surface area contributed by atoms with E-state index in [-0.39, 0.29) is 29.5 Å². The Kier molecular flexibility index (Phi) is 7.07. The molecule has 0 aliphatic carbocycles. The largest absolute Gasteiger partial charge is 0.318 e. The number of sulfonamides is 1. The third-order valence-corrected chi connectivity index (χ3v) is 4.36. The van der Waals surface area contributed by atoms with Gasteiger partial charge in [0, 0.05) is 25.2 Å². The zero-order chi connectivity index (χ0) is 14.6. The zero-order valence-corrected chi connectivity index (χ0v) is 13.1. The maximum Gasteiger partial charge on any atom is 0.270 e. The molecule has 1 aromatic carbocycles. The monoisotopic (exact) mass is 323 g/mol. The first-order chi connectivity index (χ1) is 8.79. The van der Waals surface area contributed by atoms with Crippen LogP contribution in [0.3, 0.4) is 0 Å². The molecule has 1 rings (SSSR count). The van der Waals surface area contributed by atoms with Crippen LogP contribution in [0.25, 0.3) is 0 Å². The molecule has 0 saturated carbocycles. The van der Waals surface area contributed by atoms with Crippen LogP contribution in [0.15, 0.2) is 17.0 Å². The second-order valence-electron chi connectivity index (χ2n) is 4.17. The number of likely N-dealkylation sites (N-methyl/N-ethyl adjacent to an activating group) is 1. The molecule has 0 radical (unpaired) electrons. The maximum absolute atomic E-state index is 12.1. The molecule has 0 spiro atoms. The SMILES string of the molecule is CNCCNS(=O)(=O)c1c(C)cc([N+](=O)[O-])cc1C.Cl. The molecule has 0 bridgehead atoms. The van der Waals surface area contributed by atoms with Gasteiger partial charge in [-0.3, -0.25) is 10.1 Å². The van der Waals surface area contributed by atoms with Crippen LogP contribution in [0.2, 0.25) is 0 Å². The van der Waals surface area contributed by atoms with E-state index in [9.17, 15) is 18.5 Å². The van der Waals surface area contributed by atoms with Crippen molar-refractivity contribution in [1.82, 2.24) is 10.0 Å². The lowest BCUT2D eigenvalue weighted by Crippen LogP contribution is -2.31. The number of rotatable bonds is 6. The van der Waals surface area contributed by atoms with Gasteiger partial charge in [0.25, 0.3) is 5.69 Å². The van der Waals surface area contributed by atoms with E-state index >= 15 is 0 Å². The third kappa shape index (κ3) is 4.41. The Morgan fingerprint density at radius 3 is 2.10 bits per heavy atom. The summed E-state index contributed by atoms with van der Waals surface area (Å²) in [5, 5.41) is 13.5. The molecule has 0 atom stereocenters. The van der Waals surface area contributed by atoms with Gasteiger partial charge in [-0.15, -0.1) is 12.4 Å². The van der Waals surface area contributed by atoms with Crippen LogP contribution in [-0.2, 0) is 10.0 Å². The summed E-state index contributed by atoms with van der Waals surface area (Å²) in [6, 6.07) is 2.53.